The molecule has 2 aromatic carbocycles. The van der Waals surface area contributed by atoms with Gasteiger partial charge in [-0.2, -0.15) is 0 Å². The summed E-state index contributed by atoms with van der Waals surface area (Å²) in [5, 5.41) is 9.27. The second-order valence-electron chi connectivity index (χ2n) is 5.66. The maximum Gasteiger partial charge on any atom is 0.313 e. The van der Waals surface area contributed by atoms with E-state index >= 15 is 0 Å². The largest absolute Gasteiger partial charge is 0.508 e. The monoisotopic (exact) mass is 327 g/mol. The first-order chi connectivity index (χ1) is 11.5. The summed E-state index contributed by atoms with van der Waals surface area (Å²) in [4.78, 5) is 25.7. The molecule has 1 amide bonds. The van der Waals surface area contributed by atoms with Crippen LogP contribution in [0.1, 0.15) is 24.0 Å². The average Bonchev–Trinajstić information content (AvgIpc) is 2.60. The quantitative estimate of drug-likeness (QED) is 0.829. The second kappa shape index (κ2) is 8.15. The third kappa shape index (κ3) is 4.84. The normalized spacial score (nSPS) is 11.6. The number of esters is 1. The van der Waals surface area contributed by atoms with Crippen LogP contribution in [0, 0.1) is 0 Å². The van der Waals surface area contributed by atoms with Gasteiger partial charge in [0.05, 0.1) is 5.92 Å². The minimum absolute atomic E-state index is 0.136. The molecular weight excluding hydrogens is 306 g/mol. The van der Waals surface area contributed by atoms with Gasteiger partial charge in [-0.1, -0.05) is 42.5 Å². The highest BCUT2D eigenvalue weighted by Gasteiger charge is 2.19. The van der Waals surface area contributed by atoms with Crippen LogP contribution in [0.25, 0.3) is 0 Å². The van der Waals surface area contributed by atoms with Crippen LogP contribution in [0.15, 0.2) is 54.6 Å². The molecule has 0 saturated heterocycles. The first-order valence-corrected chi connectivity index (χ1v) is 7.71. The molecule has 0 aromatic heterocycles. The molecule has 5 nitrogen and oxygen atoms in total. The molecule has 0 heterocycles. The van der Waals surface area contributed by atoms with Crippen LogP contribution in [0.4, 0.5) is 0 Å². The van der Waals surface area contributed by atoms with Crippen LogP contribution in [-0.4, -0.2) is 35.5 Å². The Balaban J connectivity index is 1.84. The fourth-order valence-corrected chi connectivity index (χ4v) is 2.21. The van der Waals surface area contributed by atoms with Gasteiger partial charge in [-0.3, -0.25) is 9.59 Å². The lowest BCUT2D eigenvalue weighted by Crippen LogP contribution is -2.31. The van der Waals surface area contributed by atoms with Crippen LogP contribution < -0.4 is 0 Å². The van der Waals surface area contributed by atoms with Crippen molar-refractivity contribution in [3.63, 3.8) is 0 Å². The van der Waals surface area contributed by atoms with E-state index in [4.69, 9.17) is 4.74 Å². The van der Waals surface area contributed by atoms with Gasteiger partial charge in [0.15, 0.2) is 6.61 Å². The summed E-state index contributed by atoms with van der Waals surface area (Å²) >= 11 is 0. The molecule has 1 atom stereocenters. The van der Waals surface area contributed by atoms with Gasteiger partial charge in [0.2, 0.25) is 0 Å². The number of ether oxygens (including phenoxy) is 1. The fraction of sp³-hybridized carbons (Fsp3) is 0.263. The summed E-state index contributed by atoms with van der Waals surface area (Å²) in [5.74, 6) is -1.10. The molecule has 5 heteroatoms. The lowest BCUT2D eigenvalue weighted by Gasteiger charge is -2.18. The zero-order valence-electron chi connectivity index (χ0n) is 13.8. The van der Waals surface area contributed by atoms with Crippen molar-refractivity contribution in [2.75, 3.05) is 13.7 Å². The number of carbonyl (C=O) groups excluding carboxylic acids is 2. The molecule has 0 radical (unpaired) electrons. The minimum Gasteiger partial charge on any atom is -0.508 e. The van der Waals surface area contributed by atoms with Crippen molar-refractivity contribution in [2.45, 2.75) is 19.4 Å². The van der Waals surface area contributed by atoms with E-state index in [1.807, 2.05) is 30.3 Å². The van der Waals surface area contributed by atoms with Crippen LogP contribution >= 0.6 is 0 Å². The molecule has 0 spiro atoms. The predicted molar refractivity (Wildman–Crippen MR) is 90.4 cm³/mol. The lowest BCUT2D eigenvalue weighted by atomic mass is 10.0. The molecule has 0 fully saturated rings. The number of likely N-dealkylation sites (N-methyl/N-ethyl adjacent to an activating group) is 1. The Labute approximate surface area is 141 Å². The predicted octanol–water partition coefficient (Wildman–Crippen LogP) is 2.70. The molecule has 0 saturated carbocycles. The molecule has 1 N–H and O–H groups in total. The van der Waals surface area contributed by atoms with Crippen molar-refractivity contribution in [1.29, 1.82) is 0 Å². The van der Waals surface area contributed by atoms with Gasteiger partial charge in [0, 0.05) is 13.6 Å². The molecule has 2 aromatic rings. The zero-order valence-corrected chi connectivity index (χ0v) is 13.8. The molecule has 0 aliphatic heterocycles. The van der Waals surface area contributed by atoms with E-state index in [0.29, 0.717) is 6.54 Å². The topological polar surface area (TPSA) is 66.8 Å². The number of benzene rings is 2. The summed E-state index contributed by atoms with van der Waals surface area (Å²) < 4.78 is 5.12. The SMILES string of the molecule is CC(C(=O)OCC(=O)N(C)Cc1ccccc1)c1ccc(O)cc1. The Morgan fingerprint density at radius 3 is 2.33 bits per heavy atom. The van der Waals surface area contributed by atoms with Crippen molar-refractivity contribution in [1.82, 2.24) is 4.90 Å². The molecule has 24 heavy (non-hydrogen) atoms. The van der Waals surface area contributed by atoms with Crippen LogP contribution in [0.2, 0.25) is 0 Å². The van der Waals surface area contributed by atoms with E-state index in [0.717, 1.165) is 11.1 Å². The molecule has 126 valence electrons. The molecule has 0 bridgehead atoms. The van der Waals surface area contributed by atoms with Crippen molar-refractivity contribution < 1.29 is 19.4 Å². The Morgan fingerprint density at radius 1 is 1.08 bits per heavy atom. The number of nitrogens with zero attached hydrogens (tertiary/aromatic N) is 1. The Hall–Kier alpha value is -2.82. The van der Waals surface area contributed by atoms with E-state index in [9.17, 15) is 14.7 Å². The van der Waals surface area contributed by atoms with Crippen molar-refractivity contribution >= 4 is 11.9 Å². The second-order valence-corrected chi connectivity index (χ2v) is 5.66. The van der Waals surface area contributed by atoms with Crippen LogP contribution in [0.3, 0.4) is 0 Å². The van der Waals surface area contributed by atoms with E-state index in [2.05, 4.69) is 0 Å². The fourth-order valence-electron chi connectivity index (χ4n) is 2.21. The van der Waals surface area contributed by atoms with Gasteiger partial charge in [0.1, 0.15) is 5.75 Å². The van der Waals surface area contributed by atoms with Crippen LogP contribution in [0.5, 0.6) is 5.75 Å². The van der Waals surface area contributed by atoms with Gasteiger partial charge in [0.25, 0.3) is 5.91 Å². The standard InChI is InChI=1S/C19H21NO4/c1-14(16-8-10-17(21)11-9-16)19(23)24-13-18(22)20(2)12-15-6-4-3-5-7-15/h3-11,14,21H,12-13H2,1-2H3. The third-order valence-corrected chi connectivity index (χ3v) is 3.77. The number of carbonyl (C=O) groups is 2. The van der Waals surface area contributed by atoms with E-state index in [-0.39, 0.29) is 18.3 Å². The highest BCUT2D eigenvalue weighted by Crippen LogP contribution is 2.19. The molecule has 0 aliphatic carbocycles. The number of rotatable bonds is 6. The molecule has 2 rings (SSSR count). The molecule has 0 aliphatic rings. The average molecular weight is 327 g/mol. The number of phenols is 1. The summed E-state index contributed by atoms with van der Waals surface area (Å²) in [6.45, 7) is 1.88. The smallest absolute Gasteiger partial charge is 0.313 e. The maximum absolute atomic E-state index is 12.1. The summed E-state index contributed by atoms with van der Waals surface area (Å²) in [7, 11) is 1.67. The lowest BCUT2D eigenvalue weighted by molar-refractivity contribution is -0.152. The van der Waals surface area contributed by atoms with Crippen LogP contribution in [-0.2, 0) is 20.9 Å². The highest BCUT2D eigenvalue weighted by molar-refractivity contribution is 5.83. The van der Waals surface area contributed by atoms with E-state index < -0.39 is 11.9 Å². The van der Waals surface area contributed by atoms with Gasteiger partial charge < -0.3 is 14.7 Å². The summed E-state index contributed by atoms with van der Waals surface area (Å²) in [6.07, 6.45) is 0. The number of phenolic OH excluding ortho intramolecular Hbond substituents is 1. The Kier molecular flexibility index (Phi) is 5.95. The van der Waals surface area contributed by atoms with Gasteiger partial charge in [-0.05, 0) is 30.2 Å². The first-order valence-electron chi connectivity index (χ1n) is 7.71. The summed E-state index contributed by atoms with van der Waals surface area (Å²) in [6, 6.07) is 15.9. The third-order valence-electron chi connectivity index (χ3n) is 3.77. The minimum atomic E-state index is -0.502. The summed E-state index contributed by atoms with van der Waals surface area (Å²) in [5.41, 5.74) is 1.74. The van der Waals surface area contributed by atoms with E-state index in [1.165, 1.54) is 17.0 Å². The number of aromatic hydroxyl groups is 1. The van der Waals surface area contributed by atoms with Crippen molar-refractivity contribution in [3.05, 3.63) is 65.7 Å². The Morgan fingerprint density at radius 2 is 1.71 bits per heavy atom. The number of amides is 1. The first kappa shape index (κ1) is 17.5. The highest BCUT2D eigenvalue weighted by atomic mass is 16.5. The number of hydrogen-bond acceptors (Lipinski definition) is 4. The molecular formula is C19H21NO4. The number of hydrogen-bond donors (Lipinski definition) is 1. The van der Waals surface area contributed by atoms with Crippen molar-refractivity contribution in [2.24, 2.45) is 0 Å². The molecule has 1 unspecified atom stereocenters. The zero-order chi connectivity index (χ0) is 17.5. The van der Waals surface area contributed by atoms with E-state index in [1.54, 1.807) is 26.1 Å². The van der Waals surface area contributed by atoms with Gasteiger partial charge >= 0.3 is 5.97 Å². The Bertz CT molecular complexity index is 682. The van der Waals surface area contributed by atoms with Gasteiger partial charge in [-0.15, -0.1) is 0 Å². The van der Waals surface area contributed by atoms with Gasteiger partial charge in [-0.25, -0.2) is 0 Å². The maximum atomic E-state index is 12.1. The van der Waals surface area contributed by atoms with Crippen molar-refractivity contribution in [3.8, 4) is 5.75 Å².